The zero-order valence-electron chi connectivity index (χ0n) is 13.3. The van der Waals surface area contributed by atoms with E-state index < -0.39 is 0 Å². The molecule has 0 aliphatic rings. The molecule has 0 amide bonds. The predicted octanol–water partition coefficient (Wildman–Crippen LogP) is 2.78. The standard InChI is InChI=1S/C17H23N3O/c1-13-11-19-16(14(2)17(13)21-4)12-20(3)10-7-15-5-8-18-9-6-15/h5-6,8-9,11H,7,10,12H2,1-4H3. The van der Waals surface area contributed by atoms with Crippen LogP contribution in [0.2, 0.25) is 0 Å². The van der Waals surface area contributed by atoms with E-state index in [1.165, 1.54) is 5.56 Å². The fraction of sp³-hybridized carbons (Fsp3) is 0.412. The van der Waals surface area contributed by atoms with Crippen molar-refractivity contribution in [1.82, 2.24) is 14.9 Å². The Morgan fingerprint density at radius 3 is 2.57 bits per heavy atom. The van der Waals surface area contributed by atoms with Gasteiger partial charge in [0.25, 0.3) is 0 Å². The van der Waals surface area contributed by atoms with Crippen molar-refractivity contribution < 1.29 is 4.74 Å². The fourth-order valence-electron chi connectivity index (χ4n) is 2.43. The number of pyridine rings is 2. The molecule has 2 heterocycles. The van der Waals surface area contributed by atoms with Crippen LogP contribution >= 0.6 is 0 Å². The van der Waals surface area contributed by atoms with Gasteiger partial charge in [-0.05, 0) is 45.0 Å². The lowest BCUT2D eigenvalue weighted by Crippen LogP contribution is -2.22. The van der Waals surface area contributed by atoms with Crippen molar-refractivity contribution in [3.8, 4) is 5.75 Å². The van der Waals surface area contributed by atoms with Gasteiger partial charge in [0.2, 0.25) is 0 Å². The van der Waals surface area contributed by atoms with E-state index in [0.29, 0.717) is 0 Å². The third-order valence-corrected chi connectivity index (χ3v) is 3.70. The molecule has 4 heteroatoms. The highest BCUT2D eigenvalue weighted by Gasteiger charge is 2.11. The monoisotopic (exact) mass is 285 g/mol. The smallest absolute Gasteiger partial charge is 0.128 e. The van der Waals surface area contributed by atoms with Crippen molar-refractivity contribution in [2.75, 3.05) is 20.7 Å². The molecule has 2 aromatic heterocycles. The van der Waals surface area contributed by atoms with Gasteiger partial charge in [-0.25, -0.2) is 0 Å². The Hall–Kier alpha value is -1.94. The van der Waals surface area contributed by atoms with Crippen LogP contribution in [0.25, 0.3) is 0 Å². The van der Waals surface area contributed by atoms with Crippen LogP contribution in [0.15, 0.2) is 30.7 Å². The molecule has 0 unspecified atom stereocenters. The molecule has 0 aliphatic heterocycles. The molecule has 0 fully saturated rings. The number of aryl methyl sites for hydroxylation is 1. The zero-order chi connectivity index (χ0) is 15.2. The minimum atomic E-state index is 0.827. The molecule has 0 aromatic carbocycles. The quantitative estimate of drug-likeness (QED) is 0.818. The maximum atomic E-state index is 5.46. The first-order valence-corrected chi connectivity index (χ1v) is 7.18. The summed E-state index contributed by atoms with van der Waals surface area (Å²) in [6, 6.07) is 4.12. The van der Waals surface area contributed by atoms with E-state index in [9.17, 15) is 0 Å². The minimum Gasteiger partial charge on any atom is -0.496 e. The van der Waals surface area contributed by atoms with Crippen molar-refractivity contribution in [2.24, 2.45) is 0 Å². The second kappa shape index (κ2) is 7.18. The molecule has 0 aliphatic carbocycles. The molecule has 112 valence electrons. The number of likely N-dealkylation sites (N-methyl/N-ethyl adjacent to an activating group) is 1. The van der Waals surface area contributed by atoms with E-state index in [2.05, 4.69) is 41.0 Å². The maximum absolute atomic E-state index is 5.46. The van der Waals surface area contributed by atoms with E-state index in [-0.39, 0.29) is 0 Å². The van der Waals surface area contributed by atoms with Gasteiger partial charge < -0.3 is 9.64 Å². The average molecular weight is 285 g/mol. The summed E-state index contributed by atoms with van der Waals surface area (Å²) in [5.74, 6) is 0.947. The first kappa shape index (κ1) is 15.4. The molecule has 0 atom stereocenters. The summed E-state index contributed by atoms with van der Waals surface area (Å²) in [6.07, 6.45) is 6.58. The fourth-order valence-corrected chi connectivity index (χ4v) is 2.43. The zero-order valence-corrected chi connectivity index (χ0v) is 13.3. The third kappa shape index (κ3) is 4.02. The van der Waals surface area contributed by atoms with E-state index in [0.717, 1.165) is 42.1 Å². The second-order valence-corrected chi connectivity index (χ2v) is 5.39. The van der Waals surface area contributed by atoms with E-state index in [4.69, 9.17) is 4.74 Å². The summed E-state index contributed by atoms with van der Waals surface area (Å²) in [4.78, 5) is 10.9. The lowest BCUT2D eigenvalue weighted by atomic mass is 10.1. The molecule has 2 rings (SSSR count). The molecule has 0 radical (unpaired) electrons. The molecule has 0 N–H and O–H groups in total. The average Bonchev–Trinajstić information content (AvgIpc) is 2.50. The Morgan fingerprint density at radius 1 is 1.19 bits per heavy atom. The van der Waals surface area contributed by atoms with E-state index in [1.54, 1.807) is 7.11 Å². The summed E-state index contributed by atoms with van der Waals surface area (Å²) in [7, 11) is 3.83. The highest BCUT2D eigenvalue weighted by Crippen LogP contribution is 2.24. The molecule has 0 saturated heterocycles. The van der Waals surface area contributed by atoms with Gasteiger partial charge in [-0.3, -0.25) is 9.97 Å². The predicted molar refractivity (Wildman–Crippen MR) is 84.5 cm³/mol. The van der Waals surface area contributed by atoms with Crippen molar-refractivity contribution >= 4 is 0 Å². The van der Waals surface area contributed by atoms with Gasteiger partial charge in [-0.1, -0.05) is 0 Å². The van der Waals surface area contributed by atoms with Crippen molar-refractivity contribution in [2.45, 2.75) is 26.8 Å². The van der Waals surface area contributed by atoms with Crippen LogP contribution < -0.4 is 4.74 Å². The van der Waals surface area contributed by atoms with Crippen molar-refractivity contribution in [3.63, 3.8) is 0 Å². The lowest BCUT2D eigenvalue weighted by molar-refractivity contribution is 0.324. The number of methoxy groups -OCH3 is 1. The number of hydrogen-bond donors (Lipinski definition) is 0. The van der Waals surface area contributed by atoms with Gasteiger partial charge in [0.1, 0.15) is 5.75 Å². The minimum absolute atomic E-state index is 0.827. The molecular formula is C17H23N3O. The van der Waals surface area contributed by atoms with Gasteiger partial charge in [0.15, 0.2) is 0 Å². The summed E-state index contributed by atoms with van der Waals surface area (Å²) in [6.45, 7) is 5.91. The number of hydrogen-bond acceptors (Lipinski definition) is 4. The highest BCUT2D eigenvalue weighted by atomic mass is 16.5. The molecule has 0 spiro atoms. The Balaban J connectivity index is 1.98. The van der Waals surface area contributed by atoms with Gasteiger partial charge in [0.05, 0.1) is 12.8 Å². The van der Waals surface area contributed by atoms with Gasteiger partial charge in [-0.15, -0.1) is 0 Å². The third-order valence-electron chi connectivity index (χ3n) is 3.70. The Labute approximate surface area is 126 Å². The molecule has 4 nitrogen and oxygen atoms in total. The lowest BCUT2D eigenvalue weighted by Gasteiger charge is -2.19. The summed E-state index contributed by atoms with van der Waals surface area (Å²) >= 11 is 0. The molecule has 21 heavy (non-hydrogen) atoms. The van der Waals surface area contributed by atoms with Crippen LogP contribution in [0, 0.1) is 13.8 Å². The Kier molecular flexibility index (Phi) is 5.28. The summed E-state index contributed by atoms with van der Waals surface area (Å²) < 4.78 is 5.46. The number of aromatic nitrogens is 2. The molecule has 2 aromatic rings. The number of rotatable bonds is 6. The molecular weight excluding hydrogens is 262 g/mol. The molecule has 0 bridgehead atoms. The van der Waals surface area contributed by atoms with Crippen LogP contribution in [-0.2, 0) is 13.0 Å². The normalized spacial score (nSPS) is 10.9. The van der Waals surface area contributed by atoms with Crippen LogP contribution in [0.4, 0.5) is 0 Å². The number of nitrogens with zero attached hydrogens (tertiary/aromatic N) is 3. The van der Waals surface area contributed by atoms with E-state index in [1.807, 2.05) is 25.5 Å². The highest BCUT2D eigenvalue weighted by molar-refractivity contribution is 5.41. The van der Waals surface area contributed by atoms with Gasteiger partial charge in [0, 0.05) is 42.8 Å². The van der Waals surface area contributed by atoms with E-state index >= 15 is 0 Å². The summed E-state index contributed by atoms with van der Waals surface area (Å²) in [5, 5.41) is 0. The van der Waals surface area contributed by atoms with Crippen LogP contribution in [-0.4, -0.2) is 35.6 Å². The molecule has 0 saturated carbocycles. The largest absolute Gasteiger partial charge is 0.496 e. The van der Waals surface area contributed by atoms with Crippen LogP contribution in [0.5, 0.6) is 5.75 Å². The topological polar surface area (TPSA) is 38.2 Å². The van der Waals surface area contributed by atoms with Crippen LogP contribution in [0.1, 0.15) is 22.4 Å². The number of ether oxygens (including phenoxy) is 1. The summed E-state index contributed by atoms with van der Waals surface area (Å²) in [5.41, 5.74) is 4.60. The Morgan fingerprint density at radius 2 is 1.90 bits per heavy atom. The van der Waals surface area contributed by atoms with Crippen LogP contribution in [0.3, 0.4) is 0 Å². The SMILES string of the molecule is COc1c(C)cnc(CN(C)CCc2ccncc2)c1C. The van der Waals surface area contributed by atoms with Crippen molar-refractivity contribution in [3.05, 3.63) is 53.1 Å². The van der Waals surface area contributed by atoms with Gasteiger partial charge >= 0.3 is 0 Å². The maximum Gasteiger partial charge on any atom is 0.128 e. The van der Waals surface area contributed by atoms with Crippen molar-refractivity contribution in [1.29, 1.82) is 0 Å². The van der Waals surface area contributed by atoms with Gasteiger partial charge in [-0.2, -0.15) is 0 Å². The Bertz CT molecular complexity index is 584. The second-order valence-electron chi connectivity index (χ2n) is 5.39. The first-order valence-electron chi connectivity index (χ1n) is 7.18. The first-order chi connectivity index (χ1) is 10.1.